The first-order valence-electron chi connectivity index (χ1n) is 7.13. The molecule has 1 atom stereocenters. The lowest BCUT2D eigenvalue weighted by Crippen LogP contribution is -2.29. The maximum atomic E-state index is 12.5. The van der Waals surface area contributed by atoms with Crippen LogP contribution in [0.1, 0.15) is 41.1 Å². The van der Waals surface area contributed by atoms with Crippen molar-refractivity contribution in [3.63, 3.8) is 0 Å². The summed E-state index contributed by atoms with van der Waals surface area (Å²) in [6.45, 7) is 2.57. The Labute approximate surface area is 124 Å². The molecule has 0 saturated carbocycles. The number of hydrogen-bond acceptors (Lipinski definition) is 2. The Kier molecular flexibility index (Phi) is 3.77. The standard InChI is InChI=1S/C17H18N2O2/c1-2-15(13-6-4-3-5-7-13)18-17(20)16-9-8-14-12-21-11-10-19(14)16/h3-11,15H,2,12H2,1H3,(H,18,20)/t15-/m1/s1. The Bertz CT molecular complexity index is 659. The van der Waals surface area contributed by atoms with E-state index in [1.165, 1.54) is 0 Å². The third kappa shape index (κ3) is 2.70. The summed E-state index contributed by atoms with van der Waals surface area (Å²) in [7, 11) is 0. The molecule has 21 heavy (non-hydrogen) atoms. The van der Waals surface area contributed by atoms with Gasteiger partial charge in [0.15, 0.2) is 0 Å². The molecular weight excluding hydrogens is 264 g/mol. The number of carbonyl (C=O) groups excluding carboxylic acids is 1. The Morgan fingerprint density at radius 3 is 2.86 bits per heavy atom. The van der Waals surface area contributed by atoms with Crippen LogP contribution < -0.4 is 5.32 Å². The molecule has 0 saturated heterocycles. The minimum atomic E-state index is -0.0662. The van der Waals surface area contributed by atoms with Crippen LogP contribution in [0.3, 0.4) is 0 Å². The third-order valence-corrected chi connectivity index (χ3v) is 3.69. The first kappa shape index (κ1) is 13.5. The number of nitrogens with zero attached hydrogens (tertiary/aromatic N) is 1. The zero-order valence-corrected chi connectivity index (χ0v) is 12.0. The summed E-state index contributed by atoms with van der Waals surface area (Å²) >= 11 is 0. The van der Waals surface area contributed by atoms with Crippen molar-refractivity contribution in [2.45, 2.75) is 26.0 Å². The molecule has 0 aliphatic carbocycles. The Balaban J connectivity index is 1.80. The van der Waals surface area contributed by atoms with Crippen molar-refractivity contribution in [3.05, 3.63) is 65.7 Å². The SMILES string of the molecule is CC[C@@H](NC(=O)c1ccc2n1C=COC2)c1ccccc1. The zero-order chi connectivity index (χ0) is 14.7. The molecule has 3 rings (SSSR count). The Morgan fingerprint density at radius 1 is 1.29 bits per heavy atom. The van der Waals surface area contributed by atoms with Crippen molar-refractivity contribution < 1.29 is 9.53 Å². The number of hydrogen-bond donors (Lipinski definition) is 1. The van der Waals surface area contributed by atoms with E-state index in [0.29, 0.717) is 12.3 Å². The van der Waals surface area contributed by atoms with E-state index in [9.17, 15) is 4.79 Å². The molecule has 4 nitrogen and oxygen atoms in total. The molecule has 0 spiro atoms. The van der Waals surface area contributed by atoms with E-state index in [0.717, 1.165) is 17.7 Å². The van der Waals surface area contributed by atoms with Gasteiger partial charge in [-0.15, -0.1) is 0 Å². The summed E-state index contributed by atoms with van der Waals surface area (Å²) in [5.41, 5.74) is 2.74. The largest absolute Gasteiger partial charge is 0.493 e. The topological polar surface area (TPSA) is 43.3 Å². The van der Waals surface area contributed by atoms with Gasteiger partial charge in [-0.3, -0.25) is 4.79 Å². The molecule has 0 bridgehead atoms. The third-order valence-electron chi connectivity index (χ3n) is 3.69. The second-order valence-corrected chi connectivity index (χ2v) is 5.02. The average molecular weight is 282 g/mol. The fraction of sp³-hybridized carbons (Fsp3) is 0.235. The zero-order valence-electron chi connectivity index (χ0n) is 12.0. The number of nitrogens with one attached hydrogen (secondary N) is 1. The predicted octanol–water partition coefficient (Wildman–Crippen LogP) is 3.33. The lowest BCUT2D eigenvalue weighted by Gasteiger charge is -2.18. The number of benzene rings is 1. The fourth-order valence-corrected chi connectivity index (χ4v) is 2.55. The molecule has 2 aromatic rings. The Morgan fingerprint density at radius 2 is 2.10 bits per heavy atom. The highest BCUT2D eigenvalue weighted by atomic mass is 16.5. The summed E-state index contributed by atoms with van der Waals surface area (Å²) in [4.78, 5) is 12.5. The Hall–Kier alpha value is -2.49. The maximum absolute atomic E-state index is 12.5. The van der Waals surface area contributed by atoms with Gasteiger partial charge in [-0.2, -0.15) is 0 Å². The number of amides is 1. The van der Waals surface area contributed by atoms with Gasteiger partial charge in [0.25, 0.3) is 5.91 Å². The molecule has 1 aliphatic heterocycles. The highest BCUT2D eigenvalue weighted by Gasteiger charge is 2.19. The fourth-order valence-electron chi connectivity index (χ4n) is 2.55. The van der Waals surface area contributed by atoms with Crippen LogP contribution in [-0.4, -0.2) is 10.5 Å². The number of rotatable bonds is 4. The first-order valence-corrected chi connectivity index (χ1v) is 7.13. The van der Waals surface area contributed by atoms with Crippen molar-refractivity contribution in [1.29, 1.82) is 0 Å². The minimum Gasteiger partial charge on any atom is -0.493 e. The number of aromatic nitrogens is 1. The average Bonchev–Trinajstić information content (AvgIpc) is 2.97. The summed E-state index contributed by atoms with van der Waals surface area (Å²) < 4.78 is 7.10. The van der Waals surface area contributed by atoms with E-state index in [1.54, 1.807) is 12.5 Å². The number of ether oxygens (including phenoxy) is 1. The summed E-state index contributed by atoms with van der Waals surface area (Å²) in [5.74, 6) is -0.0662. The van der Waals surface area contributed by atoms with Gasteiger partial charge in [0.1, 0.15) is 18.6 Å². The second kappa shape index (κ2) is 5.87. The molecule has 2 heterocycles. The number of carbonyl (C=O) groups is 1. The van der Waals surface area contributed by atoms with Crippen molar-refractivity contribution in [2.24, 2.45) is 0 Å². The van der Waals surface area contributed by atoms with Crippen molar-refractivity contribution >= 4 is 12.1 Å². The minimum absolute atomic E-state index is 0.0219. The van der Waals surface area contributed by atoms with E-state index < -0.39 is 0 Å². The summed E-state index contributed by atoms with van der Waals surface area (Å²) in [6, 6.07) is 13.8. The van der Waals surface area contributed by atoms with Crippen LogP contribution in [0.4, 0.5) is 0 Å². The lowest BCUT2D eigenvalue weighted by atomic mass is 10.0. The van der Waals surface area contributed by atoms with Gasteiger partial charge in [0.2, 0.25) is 0 Å². The molecule has 1 aromatic carbocycles. The summed E-state index contributed by atoms with van der Waals surface area (Å²) in [6.07, 6.45) is 4.23. The molecular formula is C17H18N2O2. The quantitative estimate of drug-likeness (QED) is 0.934. The van der Waals surface area contributed by atoms with E-state index in [4.69, 9.17) is 4.74 Å². The molecule has 4 heteroatoms. The van der Waals surface area contributed by atoms with Gasteiger partial charge in [-0.1, -0.05) is 37.3 Å². The maximum Gasteiger partial charge on any atom is 0.268 e. The van der Waals surface area contributed by atoms with Gasteiger partial charge in [0.05, 0.1) is 11.7 Å². The van der Waals surface area contributed by atoms with E-state index in [-0.39, 0.29) is 11.9 Å². The second-order valence-electron chi connectivity index (χ2n) is 5.02. The molecule has 1 N–H and O–H groups in total. The van der Waals surface area contributed by atoms with Crippen LogP contribution in [0, 0.1) is 0 Å². The van der Waals surface area contributed by atoms with Crippen molar-refractivity contribution in [2.75, 3.05) is 0 Å². The smallest absolute Gasteiger partial charge is 0.268 e. The molecule has 0 radical (unpaired) electrons. The van der Waals surface area contributed by atoms with E-state index >= 15 is 0 Å². The van der Waals surface area contributed by atoms with Gasteiger partial charge >= 0.3 is 0 Å². The normalized spacial score (nSPS) is 14.1. The molecule has 0 unspecified atom stereocenters. The monoisotopic (exact) mass is 282 g/mol. The molecule has 1 amide bonds. The van der Waals surface area contributed by atoms with Crippen LogP contribution in [0.25, 0.3) is 6.20 Å². The highest BCUT2D eigenvalue weighted by molar-refractivity contribution is 5.94. The molecule has 0 fully saturated rings. The summed E-state index contributed by atoms with van der Waals surface area (Å²) in [5, 5.41) is 3.10. The lowest BCUT2D eigenvalue weighted by molar-refractivity contribution is 0.0928. The van der Waals surface area contributed by atoms with Crippen molar-refractivity contribution in [3.8, 4) is 0 Å². The van der Waals surface area contributed by atoms with Gasteiger partial charge < -0.3 is 14.6 Å². The molecule has 108 valence electrons. The molecule has 1 aliphatic rings. The van der Waals surface area contributed by atoms with E-state index in [1.807, 2.05) is 47.0 Å². The van der Waals surface area contributed by atoms with Crippen molar-refractivity contribution in [1.82, 2.24) is 9.88 Å². The van der Waals surface area contributed by atoms with Crippen LogP contribution >= 0.6 is 0 Å². The first-order chi connectivity index (χ1) is 10.3. The van der Waals surface area contributed by atoms with Crippen LogP contribution in [0.5, 0.6) is 0 Å². The van der Waals surface area contributed by atoms with Gasteiger partial charge in [-0.05, 0) is 24.1 Å². The van der Waals surface area contributed by atoms with Crippen LogP contribution in [0.15, 0.2) is 48.7 Å². The number of fused-ring (bicyclic) bond motifs is 1. The van der Waals surface area contributed by atoms with E-state index in [2.05, 4.69) is 12.2 Å². The predicted molar refractivity (Wildman–Crippen MR) is 81.5 cm³/mol. The van der Waals surface area contributed by atoms with Crippen LogP contribution in [0.2, 0.25) is 0 Å². The van der Waals surface area contributed by atoms with Crippen LogP contribution in [-0.2, 0) is 11.3 Å². The van der Waals surface area contributed by atoms with Gasteiger partial charge in [0, 0.05) is 6.20 Å². The molecule has 1 aromatic heterocycles. The highest BCUT2D eigenvalue weighted by Crippen LogP contribution is 2.19. The van der Waals surface area contributed by atoms with Gasteiger partial charge in [-0.25, -0.2) is 0 Å².